The molecule has 2 unspecified atom stereocenters. The fourth-order valence-corrected chi connectivity index (χ4v) is 3.95. The van der Waals surface area contributed by atoms with Gasteiger partial charge in [0.25, 0.3) is 0 Å². The molecule has 18 heavy (non-hydrogen) atoms. The van der Waals surface area contributed by atoms with Crippen molar-refractivity contribution in [2.24, 2.45) is 5.92 Å². The molecule has 0 aromatic carbocycles. The molecule has 1 aliphatic rings. The molecule has 0 saturated carbocycles. The van der Waals surface area contributed by atoms with E-state index in [4.69, 9.17) is 4.98 Å². The molecular weight excluding hydrogens is 242 g/mol. The number of hydrogen-bond donors (Lipinski definition) is 1. The fraction of sp³-hybridized carbons (Fsp3) is 0.786. The minimum Gasteiger partial charge on any atom is -0.345 e. The lowest BCUT2D eigenvalue weighted by Gasteiger charge is -2.37. The standard InChI is InChI=1S/C14H25N3S/c1-5-12-13(9-15-4)18-14(16-12)17-8-6-7-10(2)11(17)3/h10-11,15H,5-9H2,1-4H3. The Bertz CT molecular complexity index is 388. The van der Waals surface area contributed by atoms with Crippen molar-refractivity contribution in [3.63, 3.8) is 0 Å². The van der Waals surface area contributed by atoms with E-state index in [1.165, 1.54) is 35.1 Å². The molecule has 1 aliphatic heterocycles. The highest BCUT2D eigenvalue weighted by Crippen LogP contribution is 2.33. The predicted molar refractivity (Wildman–Crippen MR) is 79.5 cm³/mol. The summed E-state index contributed by atoms with van der Waals surface area (Å²) in [6.45, 7) is 9.01. The second kappa shape index (κ2) is 6.02. The van der Waals surface area contributed by atoms with Crippen LogP contribution in [0.4, 0.5) is 5.13 Å². The molecule has 0 radical (unpaired) electrons. The van der Waals surface area contributed by atoms with Crippen LogP contribution in [0.25, 0.3) is 0 Å². The van der Waals surface area contributed by atoms with Crippen LogP contribution < -0.4 is 10.2 Å². The van der Waals surface area contributed by atoms with Crippen molar-refractivity contribution in [2.75, 3.05) is 18.5 Å². The molecule has 2 heterocycles. The molecule has 0 spiro atoms. The Morgan fingerprint density at radius 2 is 2.22 bits per heavy atom. The van der Waals surface area contributed by atoms with Crippen molar-refractivity contribution in [1.82, 2.24) is 10.3 Å². The molecule has 3 nitrogen and oxygen atoms in total. The van der Waals surface area contributed by atoms with E-state index in [1.807, 2.05) is 18.4 Å². The van der Waals surface area contributed by atoms with E-state index in [0.717, 1.165) is 18.9 Å². The van der Waals surface area contributed by atoms with Gasteiger partial charge in [-0.1, -0.05) is 13.8 Å². The first-order chi connectivity index (χ1) is 8.67. The first-order valence-electron chi connectivity index (χ1n) is 7.07. The van der Waals surface area contributed by atoms with Crippen molar-refractivity contribution < 1.29 is 0 Å². The third-order valence-electron chi connectivity index (χ3n) is 4.06. The number of thiazole rings is 1. The Morgan fingerprint density at radius 1 is 1.44 bits per heavy atom. The summed E-state index contributed by atoms with van der Waals surface area (Å²) in [6.07, 6.45) is 3.69. The lowest BCUT2D eigenvalue weighted by atomic mass is 9.93. The Balaban J connectivity index is 2.21. The molecule has 102 valence electrons. The maximum atomic E-state index is 4.86. The Morgan fingerprint density at radius 3 is 2.89 bits per heavy atom. The van der Waals surface area contributed by atoms with Crippen molar-refractivity contribution in [3.8, 4) is 0 Å². The zero-order valence-corrected chi connectivity index (χ0v) is 12.8. The molecule has 1 N–H and O–H groups in total. The molecular formula is C14H25N3S. The summed E-state index contributed by atoms with van der Waals surface area (Å²) in [6, 6.07) is 0.622. The van der Waals surface area contributed by atoms with Gasteiger partial charge < -0.3 is 10.2 Å². The molecule has 0 amide bonds. The van der Waals surface area contributed by atoms with E-state index in [1.54, 1.807) is 0 Å². The molecule has 1 fully saturated rings. The first kappa shape index (κ1) is 13.8. The van der Waals surface area contributed by atoms with Gasteiger partial charge in [0.2, 0.25) is 0 Å². The Hall–Kier alpha value is -0.610. The van der Waals surface area contributed by atoms with Gasteiger partial charge in [0, 0.05) is 24.0 Å². The van der Waals surface area contributed by atoms with Crippen molar-refractivity contribution in [1.29, 1.82) is 0 Å². The number of nitrogens with zero attached hydrogens (tertiary/aromatic N) is 2. The van der Waals surface area contributed by atoms with Gasteiger partial charge in [-0.15, -0.1) is 11.3 Å². The van der Waals surface area contributed by atoms with E-state index < -0.39 is 0 Å². The zero-order chi connectivity index (χ0) is 13.1. The summed E-state index contributed by atoms with van der Waals surface area (Å²) in [5, 5.41) is 4.48. The monoisotopic (exact) mass is 267 g/mol. The molecule has 4 heteroatoms. The normalized spacial score (nSPS) is 24.6. The molecule has 2 rings (SSSR count). The molecule has 2 atom stereocenters. The topological polar surface area (TPSA) is 28.2 Å². The van der Waals surface area contributed by atoms with Crippen LogP contribution in [0.15, 0.2) is 0 Å². The van der Waals surface area contributed by atoms with E-state index in [0.29, 0.717) is 6.04 Å². The van der Waals surface area contributed by atoms with E-state index >= 15 is 0 Å². The van der Waals surface area contributed by atoms with Gasteiger partial charge in [0.05, 0.1) is 5.69 Å². The number of aromatic nitrogens is 1. The van der Waals surface area contributed by atoms with Gasteiger partial charge in [0.15, 0.2) is 5.13 Å². The highest BCUT2D eigenvalue weighted by molar-refractivity contribution is 7.15. The highest BCUT2D eigenvalue weighted by atomic mass is 32.1. The number of anilines is 1. The van der Waals surface area contributed by atoms with Crippen molar-refractivity contribution in [3.05, 3.63) is 10.6 Å². The maximum absolute atomic E-state index is 4.86. The van der Waals surface area contributed by atoms with Crippen molar-refractivity contribution >= 4 is 16.5 Å². The molecule has 0 aliphatic carbocycles. The minimum atomic E-state index is 0.622. The lowest BCUT2D eigenvalue weighted by Crippen LogP contribution is -2.42. The van der Waals surface area contributed by atoms with E-state index in [2.05, 4.69) is 31.0 Å². The number of piperidine rings is 1. The molecule has 1 aromatic rings. The molecule has 1 aromatic heterocycles. The van der Waals surface area contributed by atoms with Crippen LogP contribution in [-0.2, 0) is 13.0 Å². The van der Waals surface area contributed by atoms with Crippen LogP contribution in [0, 0.1) is 5.92 Å². The maximum Gasteiger partial charge on any atom is 0.186 e. The number of hydrogen-bond acceptors (Lipinski definition) is 4. The predicted octanol–water partition coefficient (Wildman–Crippen LogP) is 3.05. The van der Waals surface area contributed by atoms with Gasteiger partial charge in [-0.05, 0) is 39.2 Å². The summed E-state index contributed by atoms with van der Waals surface area (Å²) in [5.74, 6) is 0.778. The first-order valence-corrected chi connectivity index (χ1v) is 7.88. The summed E-state index contributed by atoms with van der Waals surface area (Å²) in [5.41, 5.74) is 1.27. The fourth-order valence-electron chi connectivity index (χ4n) is 2.67. The summed E-state index contributed by atoms with van der Waals surface area (Å²) >= 11 is 1.87. The third kappa shape index (κ3) is 2.69. The largest absolute Gasteiger partial charge is 0.345 e. The second-order valence-electron chi connectivity index (χ2n) is 5.30. The van der Waals surface area contributed by atoms with Gasteiger partial charge in [-0.2, -0.15) is 0 Å². The number of nitrogens with one attached hydrogen (secondary N) is 1. The second-order valence-corrected chi connectivity index (χ2v) is 6.37. The third-order valence-corrected chi connectivity index (χ3v) is 5.19. The molecule has 1 saturated heterocycles. The average Bonchev–Trinajstić information content (AvgIpc) is 2.76. The van der Waals surface area contributed by atoms with E-state index in [9.17, 15) is 0 Å². The van der Waals surface area contributed by atoms with Crippen LogP contribution in [-0.4, -0.2) is 24.6 Å². The summed E-state index contributed by atoms with van der Waals surface area (Å²) in [4.78, 5) is 8.77. The van der Waals surface area contributed by atoms with Crippen LogP contribution in [0.5, 0.6) is 0 Å². The van der Waals surface area contributed by atoms with Crippen molar-refractivity contribution in [2.45, 2.75) is 52.6 Å². The van der Waals surface area contributed by atoms with Crippen LogP contribution in [0.1, 0.15) is 44.2 Å². The minimum absolute atomic E-state index is 0.622. The van der Waals surface area contributed by atoms with Gasteiger partial charge in [-0.3, -0.25) is 0 Å². The van der Waals surface area contributed by atoms with Crippen LogP contribution in [0.2, 0.25) is 0 Å². The van der Waals surface area contributed by atoms with Gasteiger partial charge >= 0.3 is 0 Å². The molecule has 0 bridgehead atoms. The zero-order valence-electron chi connectivity index (χ0n) is 12.0. The quantitative estimate of drug-likeness (QED) is 0.909. The summed E-state index contributed by atoms with van der Waals surface area (Å²) < 4.78 is 0. The number of aryl methyl sites for hydroxylation is 1. The average molecular weight is 267 g/mol. The van der Waals surface area contributed by atoms with Crippen LogP contribution >= 0.6 is 11.3 Å². The van der Waals surface area contributed by atoms with Gasteiger partial charge in [-0.25, -0.2) is 4.98 Å². The van der Waals surface area contributed by atoms with E-state index in [-0.39, 0.29) is 0 Å². The van der Waals surface area contributed by atoms with Crippen LogP contribution in [0.3, 0.4) is 0 Å². The SMILES string of the molecule is CCc1nc(N2CCCC(C)C2C)sc1CNC. The van der Waals surface area contributed by atoms with Gasteiger partial charge in [0.1, 0.15) is 0 Å². The highest BCUT2D eigenvalue weighted by Gasteiger charge is 2.27. The smallest absolute Gasteiger partial charge is 0.186 e. The summed E-state index contributed by atoms with van der Waals surface area (Å²) in [7, 11) is 2.00. The lowest BCUT2D eigenvalue weighted by molar-refractivity contribution is 0.363. The number of rotatable bonds is 4. The Labute approximate surface area is 115 Å². The Kier molecular flexibility index (Phi) is 4.62.